The molecule has 0 atom stereocenters. The van der Waals surface area contributed by atoms with E-state index in [1.807, 2.05) is 18.5 Å². The lowest BCUT2D eigenvalue weighted by atomic mass is 10.3. The highest BCUT2D eigenvalue weighted by molar-refractivity contribution is 9.10. The summed E-state index contributed by atoms with van der Waals surface area (Å²) in [6.45, 7) is 4.56. The molecule has 0 fully saturated rings. The van der Waals surface area contributed by atoms with Crippen molar-refractivity contribution < 1.29 is 8.78 Å². The fraction of sp³-hybridized carbons (Fsp3) is 0.308. The molecule has 3 nitrogen and oxygen atoms in total. The second kappa shape index (κ2) is 6.13. The van der Waals surface area contributed by atoms with Crippen molar-refractivity contribution in [3.63, 3.8) is 0 Å². The first-order valence-electron chi connectivity index (χ1n) is 6.03. The standard InChI is InChI=1S/C13H14BrF2N3S/c1-3-19-11(12(14)7(2)18-19)6-20-13-9(15)4-8(17)5-10(13)16/h4-5H,3,6,17H2,1-2H3. The topological polar surface area (TPSA) is 43.8 Å². The molecule has 1 heterocycles. The van der Waals surface area contributed by atoms with Crippen molar-refractivity contribution in [2.45, 2.75) is 31.0 Å². The number of halogens is 3. The molecule has 2 aromatic rings. The molecule has 108 valence electrons. The van der Waals surface area contributed by atoms with E-state index in [0.717, 1.165) is 39.8 Å². The Bertz CT molecular complexity index is 620. The van der Waals surface area contributed by atoms with Gasteiger partial charge in [0.1, 0.15) is 11.6 Å². The summed E-state index contributed by atoms with van der Waals surface area (Å²) in [6.07, 6.45) is 0. The van der Waals surface area contributed by atoms with E-state index < -0.39 is 11.6 Å². The molecular weight excluding hydrogens is 348 g/mol. The summed E-state index contributed by atoms with van der Waals surface area (Å²) in [6, 6.07) is 2.26. The lowest BCUT2D eigenvalue weighted by molar-refractivity contribution is 0.541. The van der Waals surface area contributed by atoms with Gasteiger partial charge in [-0.2, -0.15) is 5.10 Å². The first-order valence-corrected chi connectivity index (χ1v) is 7.81. The highest BCUT2D eigenvalue weighted by atomic mass is 79.9. The minimum Gasteiger partial charge on any atom is -0.399 e. The van der Waals surface area contributed by atoms with E-state index in [2.05, 4.69) is 21.0 Å². The number of thioether (sulfide) groups is 1. The van der Waals surface area contributed by atoms with Crippen LogP contribution in [0, 0.1) is 18.6 Å². The molecule has 20 heavy (non-hydrogen) atoms. The quantitative estimate of drug-likeness (QED) is 0.657. The van der Waals surface area contributed by atoms with Gasteiger partial charge in [0.15, 0.2) is 0 Å². The molecule has 1 aromatic carbocycles. The summed E-state index contributed by atoms with van der Waals surface area (Å²) in [5.41, 5.74) is 7.25. The van der Waals surface area contributed by atoms with Crippen molar-refractivity contribution in [3.05, 3.63) is 39.6 Å². The fourth-order valence-corrected chi connectivity index (χ4v) is 3.44. The Labute approximate surface area is 128 Å². The summed E-state index contributed by atoms with van der Waals surface area (Å²) in [5.74, 6) is -0.849. The highest BCUT2D eigenvalue weighted by Gasteiger charge is 2.16. The monoisotopic (exact) mass is 361 g/mol. The van der Waals surface area contributed by atoms with Crippen LogP contribution in [0.2, 0.25) is 0 Å². The zero-order chi connectivity index (χ0) is 14.9. The van der Waals surface area contributed by atoms with E-state index in [0.29, 0.717) is 12.3 Å². The number of hydrogen-bond donors (Lipinski definition) is 1. The predicted molar refractivity (Wildman–Crippen MR) is 80.7 cm³/mol. The Hall–Kier alpha value is -1.08. The molecule has 0 aliphatic carbocycles. The first-order chi connectivity index (χ1) is 9.43. The number of nitrogen functional groups attached to an aromatic ring is 1. The maximum atomic E-state index is 13.7. The third kappa shape index (κ3) is 2.98. The van der Waals surface area contributed by atoms with Gasteiger partial charge in [-0.25, -0.2) is 8.78 Å². The second-order valence-corrected chi connectivity index (χ2v) is 6.04. The van der Waals surface area contributed by atoms with Gasteiger partial charge in [0.05, 0.1) is 20.8 Å². The fourth-order valence-electron chi connectivity index (χ4n) is 1.86. The largest absolute Gasteiger partial charge is 0.399 e. The number of rotatable bonds is 4. The van der Waals surface area contributed by atoms with E-state index in [1.165, 1.54) is 0 Å². The number of aryl methyl sites for hydroxylation is 2. The number of nitrogens with zero attached hydrogens (tertiary/aromatic N) is 2. The van der Waals surface area contributed by atoms with E-state index in [9.17, 15) is 8.78 Å². The Morgan fingerprint density at radius 2 is 1.95 bits per heavy atom. The number of aromatic nitrogens is 2. The van der Waals surface area contributed by atoms with Crippen LogP contribution in [0.15, 0.2) is 21.5 Å². The van der Waals surface area contributed by atoms with Gasteiger partial charge in [0.2, 0.25) is 0 Å². The molecule has 2 rings (SSSR count). The molecule has 1 aromatic heterocycles. The molecule has 2 N–H and O–H groups in total. The molecule has 0 saturated carbocycles. The van der Waals surface area contributed by atoms with Gasteiger partial charge in [-0.3, -0.25) is 4.68 Å². The average molecular weight is 362 g/mol. The smallest absolute Gasteiger partial charge is 0.141 e. The summed E-state index contributed by atoms with van der Waals surface area (Å²) >= 11 is 4.56. The highest BCUT2D eigenvalue weighted by Crippen LogP contribution is 2.32. The van der Waals surface area contributed by atoms with E-state index in [1.54, 1.807) is 0 Å². The van der Waals surface area contributed by atoms with Gasteiger partial charge < -0.3 is 5.73 Å². The van der Waals surface area contributed by atoms with Crippen molar-refractivity contribution in [2.24, 2.45) is 0 Å². The maximum absolute atomic E-state index is 13.7. The van der Waals surface area contributed by atoms with Crippen LogP contribution < -0.4 is 5.73 Å². The third-order valence-corrected chi connectivity index (χ3v) is 4.95. The minimum absolute atomic E-state index is 0.0207. The van der Waals surface area contributed by atoms with Crippen molar-refractivity contribution >= 4 is 33.4 Å². The second-order valence-electron chi connectivity index (χ2n) is 4.26. The van der Waals surface area contributed by atoms with Crippen LogP contribution in [0.1, 0.15) is 18.3 Å². The summed E-state index contributed by atoms with van der Waals surface area (Å²) < 4.78 is 30.2. The van der Waals surface area contributed by atoms with Crippen LogP contribution in [-0.4, -0.2) is 9.78 Å². The Morgan fingerprint density at radius 1 is 1.35 bits per heavy atom. The summed E-state index contributed by atoms with van der Waals surface area (Å²) in [5, 5.41) is 4.35. The Balaban J connectivity index is 2.26. The van der Waals surface area contributed by atoms with Gasteiger partial charge in [-0.15, -0.1) is 11.8 Å². The maximum Gasteiger partial charge on any atom is 0.141 e. The van der Waals surface area contributed by atoms with Gasteiger partial charge >= 0.3 is 0 Å². The lowest BCUT2D eigenvalue weighted by Crippen LogP contribution is -2.02. The number of nitrogens with two attached hydrogens (primary N) is 1. The van der Waals surface area contributed by atoms with Gasteiger partial charge in [-0.1, -0.05) is 0 Å². The Kier molecular flexibility index (Phi) is 4.70. The van der Waals surface area contributed by atoms with Gasteiger partial charge in [-0.05, 0) is 41.9 Å². The van der Waals surface area contributed by atoms with E-state index in [4.69, 9.17) is 5.73 Å². The number of anilines is 1. The van der Waals surface area contributed by atoms with Gasteiger partial charge in [0.25, 0.3) is 0 Å². The number of hydrogen-bond acceptors (Lipinski definition) is 3. The summed E-state index contributed by atoms with van der Waals surface area (Å²) in [4.78, 5) is -0.0207. The van der Waals surface area contributed by atoms with Crippen LogP contribution in [0.25, 0.3) is 0 Å². The molecule has 0 radical (unpaired) electrons. The summed E-state index contributed by atoms with van der Waals surface area (Å²) in [7, 11) is 0. The van der Waals surface area contributed by atoms with Crippen molar-refractivity contribution in [2.75, 3.05) is 5.73 Å². The van der Waals surface area contributed by atoms with Crippen molar-refractivity contribution in [3.8, 4) is 0 Å². The molecule has 0 saturated heterocycles. The minimum atomic E-state index is -0.636. The molecule has 0 unspecified atom stereocenters. The van der Waals surface area contributed by atoms with Gasteiger partial charge in [0, 0.05) is 18.0 Å². The lowest BCUT2D eigenvalue weighted by Gasteiger charge is -2.08. The van der Waals surface area contributed by atoms with Crippen molar-refractivity contribution in [1.82, 2.24) is 9.78 Å². The molecule has 0 spiro atoms. The molecule has 7 heteroatoms. The van der Waals surface area contributed by atoms with E-state index in [-0.39, 0.29) is 10.6 Å². The van der Waals surface area contributed by atoms with Crippen LogP contribution in [0.4, 0.5) is 14.5 Å². The molecule has 0 aliphatic rings. The molecular formula is C13H14BrF2N3S. The van der Waals surface area contributed by atoms with Crippen LogP contribution >= 0.6 is 27.7 Å². The molecule has 0 bridgehead atoms. The first kappa shape index (κ1) is 15.3. The number of benzene rings is 1. The van der Waals surface area contributed by atoms with Crippen LogP contribution in [-0.2, 0) is 12.3 Å². The molecule has 0 aliphatic heterocycles. The SMILES string of the molecule is CCn1nc(C)c(Br)c1CSc1c(F)cc(N)cc1F. The Morgan fingerprint density at radius 3 is 2.50 bits per heavy atom. The van der Waals surface area contributed by atoms with Crippen molar-refractivity contribution in [1.29, 1.82) is 0 Å². The van der Waals surface area contributed by atoms with E-state index >= 15 is 0 Å². The predicted octanol–water partition coefficient (Wildman–Crippen LogP) is 4.13. The zero-order valence-electron chi connectivity index (χ0n) is 11.1. The average Bonchev–Trinajstić information content (AvgIpc) is 2.64. The normalized spacial score (nSPS) is 11.1. The molecule has 0 amide bonds. The third-order valence-electron chi connectivity index (χ3n) is 2.83. The van der Waals surface area contributed by atoms with Crippen LogP contribution in [0.3, 0.4) is 0 Å². The van der Waals surface area contributed by atoms with Crippen LogP contribution in [0.5, 0.6) is 0 Å². The zero-order valence-corrected chi connectivity index (χ0v) is 13.5.